The summed E-state index contributed by atoms with van der Waals surface area (Å²) in [6.45, 7) is 0.638. The smallest absolute Gasteiger partial charge is 0.254 e. The largest absolute Gasteiger partial charge is 0.454 e. The van der Waals surface area contributed by atoms with Gasteiger partial charge in [0.2, 0.25) is 6.79 Å². The Morgan fingerprint density at radius 2 is 1.83 bits per heavy atom. The van der Waals surface area contributed by atoms with E-state index in [0.29, 0.717) is 28.6 Å². The molecule has 1 amide bonds. The molecule has 6 heteroatoms. The molecule has 1 heterocycles. The maximum Gasteiger partial charge on any atom is 0.254 e. The average molecular weight is 347 g/mol. The first-order valence-corrected chi connectivity index (χ1v) is 7.94. The predicted octanol–water partition coefficient (Wildman–Crippen LogP) is 3.41. The Morgan fingerprint density at radius 3 is 2.50 bits per heavy atom. The number of carbonyl (C=O) groups is 1. The minimum absolute atomic E-state index is 0.119. The summed E-state index contributed by atoms with van der Waals surface area (Å²) in [5.74, 6) is 0.886. The van der Waals surface area contributed by atoms with Gasteiger partial charge in [-0.2, -0.15) is 0 Å². The Kier molecular flexibility index (Phi) is 4.53. The fraction of sp³-hybridized carbons (Fsp3) is 0.278. The van der Waals surface area contributed by atoms with Crippen LogP contribution in [-0.4, -0.2) is 38.7 Å². The monoisotopic (exact) mass is 346 g/mol. The molecule has 0 radical (unpaired) electrons. The lowest BCUT2D eigenvalue weighted by Crippen LogP contribution is -2.26. The Hall–Kier alpha value is -2.40. The maximum atomic E-state index is 12.6. The van der Waals surface area contributed by atoms with Gasteiger partial charge in [0.05, 0.1) is 5.02 Å². The second-order valence-electron chi connectivity index (χ2n) is 5.91. The average Bonchev–Trinajstić information content (AvgIpc) is 3.03. The van der Waals surface area contributed by atoms with E-state index in [9.17, 15) is 4.79 Å². The molecule has 0 saturated carbocycles. The molecule has 1 aliphatic rings. The second kappa shape index (κ2) is 6.61. The van der Waals surface area contributed by atoms with Crippen LogP contribution in [0.1, 0.15) is 15.9 Å². The highest BCUT2D eigenvalue weighted by atomic mass is 35.5. The predicted molar refractivity (Wildman–Crippen MR) is 94.1 cm³/mol. The highest BCUT2D eigenvalue weighted by Gasteiger charge is 2.22. The van der Waals surface area contributed by atoms with E-state index < -0.39 is 0 Å². The van der Waals surface area contributed by atoms with Crippen LogP contribution in [0, 0.1) is 0 Å². The van der Waals surface area contributed by atoms with Crippen molar-refractivity contribution < 1.29 is 14.3 Å². The van der Waals surface area contributed by atoms with Gasteiger partial charge in [-0.1, -0.05) is 23.7 Å². The maximum absolute atomic E-state index is 12.6. The minimum Gasteiger partial charge on any atom is -0.454 e. The number of hydrogen-bond acceptors (Lipinski definition) is 4. The van der Waals surface area contributed by atoms with E-state index in [2.05, 4.69) is 0 Å². The highest BCUT2D eigenvalue weighted by Crippen LogP contribution is 2.40. The van der Waals surface area contributed by atoms with Crippen LogP contribution in [0.25, 0.3) is 0 Å². The molecule has 0 unspecified atom stereocenters. The number of ether oxygens (including phenoxy) is 2. The van der Waals surface area contributed by atoms with Crippen LogP contribution < -0.4 is 14.4 Å². The summed E-state index contributed by atoms with van der Waals surface area (Å²) in [4.78, 5) is 16.3. The molecule has 0 N–H and O–H groups in total. The topological polar surface area (TPSA) is 42.0 Å². The summed E-state index contributed by atoms with van der Waals surface area (Å²) in [6, 6.07) is 11.4. The van der Waals surface area contributed by atoms with Crippen molar-refractivity contribution in [3.05, 3.63) is 52.5 Å². The van der Waals surface area contributed by atoms with Crippen LogP contribution in [0.15, 0.2) is 36.4 Å². The molecule has 1 aliphatic heterocycles. The van der Waals surface area contributed by atoms with Crippen LogP contribution in [0.5, 0.6) is 11.5 Å². The lowest BCUT2D eigenvalue weighted by atomic mass is 10.1. The van der Waals surface area contributed by atoms with Gasteiger partial charge in [0.25, 0.3) is 5.91 Å². The zero-order valence-corrected chi connectivity index (χ0v) is 14.6. The van der Waals surface area contributed by atoms with Gasteiger partial charge in [-0.05, 0) is 29.8 Å². The van der Waals surface area contributed by atoms with E-state index in [1.807, 2.05) is 43.3 Å². The first kappa shape index (κ1) is 16.5. The fourth-order valence-electron chi connectivity index (χ4n) is 2.56. The van der Waals surface area contributed by atoms with Gasteiger partial charge in [-0.3, -0.25) is 4.79 Å². The van der Waals surface area contributed by atoms with Crippen LogP contribution in [0.4, 0.5) is 5.69 Å². The Balaban J connectivity index is 1.74. The summed E-state index contributed by atoms with van der Waals surface area (Å²) in [6.07, 6.45) is 0. The molecule has 0 bridgehead atoms. The first-order valence-electron chi connectivity index (χ1n) is 7.56. The quantitative estimate of drug-likeness (QED) is 0.850. The van der Waals surface area contributed by atoms with E-state index in [1.54, 1.807) is 24.1 Å². The van der Waals surface area contributed by atoms with Gasteiger partial charge in [0, 0.05) is 38.9 Å². The Labute approximate surface area is 146 Å². The Bertz CT molecular complexity index is 760. The lowest BCUT2D eigenvalue weighted by Gasteiger charge is -2.19. The van der Waals surface area contributed by atoms with E-state index in [0.717, 1.165) is 11.3 Å². The molecule has 0 aliphatic carbocycles. The third-order valence-corrected chi connectivity index (χ3v) is 4.17. The minimum atomic E-state index is -0.119. The molecule has 3 rings (SSSR count). The van der Waals surface area contributed by atoms with Crippen molar-refractivity contribution in [3.8, 4) is 11.5 Å². The zero-order chi connectivity index (χ0) is 17.3. The zero-order valence-electron chi connectivity index (χ0n) is 13.9. The molecule has 2 aromatic carbocycles. The van der Waals surface area contributed by atoms with Gasteiger partial charge in [0.1, 0.15) is 0 Å². The number of rotatable bonds is 4. The number of anilines is 1. The third-order valence-electron chi connectivity index (χ3n) is 3.89. The number of halogens is 1. The van der Waals surface area contributed by atoms with Crippen LogP contribution in [0.2, 0.25) is 5.02 Å². The molecule has 0 saturated heterocycles. The number of carbonyl (C=O) groups excluding carboxylic acids is 1. The molecular weight excluding hydrogens is 328 g/mol. The molecule has 126 valence electrons. The normalized spacial score (nSPS) is 12.2. The highest BCUT2D eigenvalue weighted by molar-refractivity contribution is 6.32. The summed E-state index contributed by atoms with van der Waals surface area (Å²) >= 11 is 6.15. The standard InChI is InChI=1S/C18H19ClN2O3/c1-20(2)14-6-4-12(5-7-14)10-21(3)18(22)13-8-15(19)17-16(9-13)23-11-24-17/h4-9H,10-11H2,1-3H3. The number of amides is 1. The molecule has 2 aromatic rings. The molecule has 0 spiro atoms. The van der Waals surface area contributed by atoms with Crippen molar-refractivity contribution in [2.24, 2.45) is 0 Å². The van der Waals surface area contributed by atoms with Crippen molar-refractivity contribution >= 4 is 23.2 Å². The van der Waals surface area contributed by atoms with Gasteiger partial charge in [0.15, 0.2) is 11.5 Å². The lowest BCUT2D eigenvalue weighted by molar-refractivity contribution is 0.0784. The molecule has 0 atom stereocenters. The van der Waals surface area contributed by atoms with Crippen molar-refractivity contribution in [3.63, 3.8) is 0 Å². The van der Waals surface area contributed by atoms with Crippen LogP contribution >= 0.6 is 11.6 Å². The van der Waals surface area contributed by atoms with Crippen LogP contribution in [-0.2, 0) is 6.54 Å². The van der Waals surface area contributed by atoms with Gasteiger partial charge >= 0.3 is 0 Å². The van der Waals surface area contributed by atoms with Crippen molar-refractivity contribution in [2.45, 2.75) is 6.54 Å². The number of fused-ring (bicyclic) bond motifs is 1. The molecule has 0 fully saturated rings. The van der Waals surface area contributed by atoms with Gasteiger partial charge in [-0.25, -0.2) is 0 Å². The summed E-state index contributed by atoms with van der Waals surface area (Å²) in [5.41, 5.74) is 2.66. The fourth-order valence-corrected chi connectivity index (χ4v) is 2.82. The number of hydrogen-bond donors (Lipinski definition) is 0. The van der Waals surface area contributed by atoms with Crippen molar-refractivity contribution in [2.75, 3.05) is 32.8 Å². The molecule has 24 heavy (non-hydrogen) atoms. The Morgan fingerprint density at radius 1 is 1.12 bits per heavy atom. The van der Waals surface area contributed by atoms with E-state index in [-0.39, 0.29) is 12.7 Å². The van der Waals surface area contributed by atoms with Gasteiger partial charge in [-0.15, -0.1) is 0 Å². The second-order valence-corrected chi connectivity index (χ2v) is 6.32. The van der Waals surface area contributed by atoms with E-state index in [4.69, 9.17) is 21.1 Å². The van der Waals surface area contributed by atoms with Crippen molar-refractivity contribution in [1.29, 1.82) is 0 Å². The van der Waals surface area contributed by atoms with Crippen LogP contribution in [0.3, 0.4) is 0 Å². The van der Waals surface area contributed by atoms with Gasteiger partial charge < -0.3 is 19.3 Å². The molecule has 0 aromatic heterocycles. The summed E-state index contributed by atoms with van der Waals surface area (Å²) in [7, 11) is 5.75. The van der Waals surface area contributed by atoms with E-state index >= 15 is 0 Å². The number of nitrogens with zero attached hydrogens (tertiary/aromatic N) is 2. The van der Waals surface area contributed by atoms with Crippen molar-refractivity contribution in [1.82, 2.24) is 4.90 Å². The van der Waals surface area contributed by atoms with E-state index in [1.165, 1.54) is 0 Å². The summed E-state index contributed by atoms with van der Waals surface area (Å²) in [5, 5.41) is 0.386. The molecule has 5 nitrogen and oxygen atoms in total. The molecular formula is C18H19ClN2O3. The SMILES string of the molecule is CN(Cc1ccc(N(C)C)cc1)C(=O)c1cc(Cl)c2c(c1)OCO2. The first-order chi connectivity index (χ1) is 11.5. The summed E-state index contributed by atoms with van der Waals surface area (Å²) < 4.78 is 10.6. The third kappa shape index (κ3) is 3.26. The number of benzene rings is 2.